The fourth-order valence-corrected chi connectivity index (χ4v) is 7.08. The van der Waals surface area contributed by atoms with E-state index in [1.54, 1.807) is 6.92 Å². The van der Waals surface area contributed by atoms with Crippen molar-refractivity contribution in [2.45, 2.75) is 69.6 Å². The minimum atomic E-state index is -3.20. The quantitative estimate of drug-likeness (QED) is 0.517. The third-order valence-electron chi connectivity index (χ3n) is 7.82. The normalized spacial score (nSPS) is 35.2. The first-order valence-electron chi connectivity index (χ1n) is 11.9. The Morgan fingerprint density at radius 3 is 2.54 bits per heavy atom. The number of rotatable bonds is 6. The maximum Gasteiger partial charge on any atom is 0.387 e. The van der Waals surface area contributed by atoms with Crippen molar-refractivity contribution in [3.05, 3.63) is 17.5 Å². The van der Waals surface area contributed by atoms with Gasteiger partial charge < -0.3 is 25.2 Å². The fraction of sp³-hybridized carbons (Fsp3) is 0.727. The zero-order chi connectivity index (χ0) is 25.1. The SMILES string of the molecule is C[C@@]1(O)CCC[C@H]1N1c2nc(NC3C[C@@H]4CN(S(C)(=O)=O)C[C@@H]4C3)ncc2C=C(OC(F)F)C1O. The Morgan fingerprint density at radius 2 is 1.97 bits per heavy atom. The van der Waals surface area contributed by atoms with Gasteiger partial charge in [0.15, 0.2) is 12.0 Å². The molecule has 13 heteroatoms. The Labute approximate surface area is 203 Å². The van der Waals surface area contributed by atoms with Gasteiger partial charge in [0.2, 0.25) is 16.0 Å². The molecule has 0 radical (unpaired) electrons. The Bertz CT molecular complexity index is 1100. The van der Waals surface area contributed by atoms with Crippen molar-refractivity contribution in [2.24, 2.45) is 11.8 Å². The van der Waals surface area contributed by atoms with Crippen molar-refractivity contribution in [2.75, 3.05) is 29.6 Å². The van der Waals surface area contributed by atoms with Crippen molar-refractivity contribution < 1.29 is 32.1 Å². The molecule has 6 atom stereocenters. The van der Waals surface area contributed by atoms with Crippen LogP contribution < -0.4 is 10.2 Å². The van der Waals surface area contributed by atoms with E-state index in [0.29, 0.717) is 43.3 Å². The highest BCUT2D eigenvalue weighted by Crippen LogP contribution is 2.43. The average Bonchev–Trinajstić information content (AvgIpc) is 3.41. The number of alkyl halides is 2. The third kappa shape index (κ3) is 4.70. The first-order chi connectivity index (χ1) is 16.4. The Morgan fingerprint density at radius 1 is 1.29 bits per heavy atom. The third-order valence-corrected chi connectivity index (χ3v) is 9.05. The highest BCUT2D eigenvalue weighted by Gasteiger charge is 2.47. The highest BCUT2D eigenvalue weighted by atomic mass is 32.2. The van der Waals surface area contributed by atoms with Crippen LogP contribution in [0.3, 0.4) is 0 Å². The van der Waals surface area contributed by atoms with Crippen molar-refractivity contribution >= 4 is 27.9 Å². The smallest absolute Gasteiger partial charge is 0.387 e. The molecule has 1 saturated heterocycles. The number of sulfonamides is 1. The van der Waals surface area contributed by atoms with Crippen LogP contribution in [0.5, 0.6) is 0 Å². The number of hydrogen-bond donors (Lipinski definition) is 3. The van der Waals surface area contributed by atoms with E-state index in [2.05, 4.69) is 20.0 Å². The fourth-order valence-electron chi connectivity index (χ4n) is 6.15. The molecule has 4 aliphatic rings. The molecule has 2 unspecified atom stereocenters. The van der Waals surface area contributed by atoms with Gasteiger partial charge in [-0.15, -0.1) is 0 Å². The second kappa shape index (κ2) is 8.79. The molecule has 2 aliphatic carbocycles. The van der Waals surface area contributed by atoms with E-state index in [4.69, 9.17) is 0 Å². The lowest BCUT2D eigenvalue weighted by Crippen LogP contribution is -2.54. The Hall–Kier alpha value is -2.09. The summed E-state index contributed by atoms with van der Waals surface area (Å²) in [5.74, 6) is 0.881. The average molecular weight is 516 g/mol. The van der Waals surface area contributed by atoms with Gasteiger partial charge in [-0.25, -0.2) is 17.7 Å². The van der Waals surface area contributed by atoms with Crippen LogP contribution in [0.4, 0.5) is 20.5 Å². The lowest BCUT2D eigenvalue weighted by Gasteiger charge is -2.42. The van der Waals surface area contributed by atoms with E-state index >= 15 is 0 Å². The van der Waals surface area contributed by atoms with Gasteiger partial charge in [-0.3, -0.25) is 0 Å². The first kappa shape index (κ1) is 24.6. The van der Waals surface area contributed by atoms with Crippen LogP contribution in [0.25, 0.3) is 6.08 Å². The van der Waals surface area contributed by atoms with Crippen LogP contribution in [0, 0.1) is 11.8 Å². The molecule has 3 N–H and O–H groups in total. The summed E-state index contributed by atoms with van der Waals surface area (Å²) in [6, 6.07) is -0.480. The van der Waals surface area contributed by atoms with E-state index in [-0.39, 0.29) is 23.6 Å². The van der Waals surface area contributed by atoms with E-state index in [1.807, 2.05) is 0 Å². The lowest BCUT2D eigenvalue weighted by atomic mass is 9.96. The summed E-state index contributed by atoms with van der Waals surface area (Å²) in [7, 11) is -3.20. The lowest BCUT2D eigenvalue weighted by molar-refractivity contribution is -0.112. The molecule has 3 fully saturated rings. The number of nitrogens with zero attached hydrogens (tertiary/aromatic N) is 4. The topological polar surface area (TPSA) is 128 Å². The standard InChI is InChI=1S/C22H31F2N5O5S/c1-22(31)5-3-4-17(22)29-18-12(8-16(19(29)30)34-20(23)24)9-25-21(27-18)26-15-6-13-10-28(35(2,32)33)11-14(13)7-15/h8-9,13-15,17,19-20,30-31H,3-7,10-11H2,1-2H3,(H,25,26,27)/t13-,14+,15?,17-,19?,22-/m1/s1. The number of nitrogens with one attached hydrogen (secondary N) is 1. The molecule has 1 aromatic heterocycles. The molecule has 194 valence electrons. The van der Waals surface area contributed by atoms with Crippen molar-refractivity contribution in [1.29, 1.82) is 0 Å². The highest BCUT2D eigenvalue weighted by molar-refractivity contribution is 7.88. The van der Waals surface area contributed by atoms with Gasteiger partial charge in [0.1, 0.15) is 5.82 Å². The monoisotopic (exact) mass is 515 g/mol. The van der Waals surface area contributed by atoms with Gasteiger partial charge in [-0.05, 0) is 56.9 Å². The second-order valence-electron chi connectivity index (χ2n) is 10.4. The van der Waals surface area contributed by atoms with Crippen LogP contribution in [0.1, 0.15) is 44.6 Å². The number of aromatic nitrogens is 2. The second-order valence-corrected chi connectivity index (χ2v) is 12.3. The van der Waals surface area contributed by atoms with Crippen molar-refractivity contribution in [3.8, 4) is 0 Å². The van der Waals surface area contributed by atoms with Gasteiger partial charge in [-0.2, -0.15) is 13.8 Å². The molecular weight excluding hydrogens is 484 g/mol. The molecule has 10 nitrogen and oxygen atoms in total. The summed E-state index contributed by atoms with van der Waals surface area (Å²) < 4.78 is 55.8. The van der Waals surface area contributed by atoms with Crippen LogP contribution in [-0.4, -0.2) is 82.8 Å². The molecule has 35 heavy (non-hydrogen) atoms. The summed E-state index contributed by atoms with van der Waals surface area (Å²) in [6.07, 6.45) is 5.85. The molecule has 0 bridgehead atoms. The molecule has 0 amide bonds. The summed E-state index contributed by atoms with van der Waals surface area (Å²) >= 11 is 0. The number of halogens is 2. The number of ether oxygens (including phenoxy) is 1. The minimum Gasteiger partial charge on any atom is -0.434 e. The summed E-state index contributed by atoms with van der Waals surface area (Å²) in [4.78, 5) is 10.4. The largest absolute Gasteiger partial charge is 0.434 e. The Balaban J connectivity index is 1.38. The van der Waals surface area contributed by atoms with E-state index in [9.17, 15) is 27.4 Å². The van der Waals surface area contributed by atoms with Gasteiger partial charge in [0, 0.05) is 30.9 Å². The summed E-state index contributed by atoms with van der Waals surface area (Å²) in [5, 5.41) is 25.2. The molecule has 3 heterocycles. The molecule has 1 aromatic rings. The molecule has 2 saturated carbocycles. The predicted molar refractivity (Wildman–Crippen MR) is 124 cm³/mol. The van der Waals surface area contributed by atoms with Crippen molar-refractivity contribution in [3.63, 3.8) is 0 Å². The first-order valence-corrected chi connectivity index (χ1v) is 13.7. The number of hydrogen-bond acceptors (Lipinski definition) is 9. The number of fused-ring (bicyclic) bond motifs is 2. The van der Waals surface area contributed by atoms with E-state index in [0.717, 1.165) is 19.3 Å². The maximum absolute atomic E-state index is 13.0. The van der Waals surface area contributed by atoms with Crippen LogP contribution >= 0.6 is 0 Å². The molecule has 0 aromatic carbocycles. The predicted octanol–water partition coefficient (Wildman–Crippen LogP) is 1.58. The van der Waals surface area contributed by atoms with Crippen LogP contribution in [0.15, 0.2) is 12.0 Å². The van der Waals surface area contributed by atoms with Crippen LogP contribution in [0.2, 0.25) is 0 Å². The van der Waals surface area contributed by atoms with Gasteiger partial charge in [0.25, 0.3) is 0 Å². The van der Waals surface area contributed by atoms with Crippen molar-refractivity contribution in [1.82, 2.24) is 14.3 Å². The van der Waals surface area contributed by atoms with Gasteiger partial charge >= 0.3 is 6.61 Å². The van der Waals surface area contributed by atoms with Crippen LogP contribution in [-0.2, 0) is 14.8 Å². The zero-order valence-corrected chi connectivity index (χ0v) is 20.5. The maximum atomic E-state index is 13.0. The summed E-state index contributed by atoms with van der Waals surface area (Å²) in [6.45, 7) is -0.409. The number of anilines is 2. The minimum absolute atomic E-state index is 0.0644. The van der Waals surface area contributed by atoms with Gasteiger partial charge in [-0.1, -0.05) is 0 Å². The van der Waals surface area contributed by atoms with Gasteiger partial charge in [0.05, 0.1) is 17.9 Å². The zero-order valence-electron chi connectivity index (χ0n) is 19.6. The van der Waals surface area contributed by atoms with E-state index < -0.39 is 34.5 Å². The van der Waals surface area contributed by atoms with E-state index in [1.165, 1.54) is 27.7 Å². The molecule has 5 rings (SSSR count). The molecule has 0 spiro atoms. The Kier molecular flexibility index (Phi) is 6.17. The molecule has 2 aliphatic heterocycles. The number of aliphatic hydroxyl groups is 2. The number of aliphatic hydroxyl groups excluding tert-OH is 1. The molecular formula is C22H31F2N5O5S. The summed E-state index contributed by atoms with van der Waals surface area (Å²) in [5.41, 5.74) is -0.732.